The number of hydrogen-bond donors (Lipinski definition) is 0. The predicted octanol–water partition coefficient (Wildman–Crippen LogP) is 2.75. The fourth-order valence-electron chi connectivity index (χ4n) is 2.73. The molecular weight excluding hydrogens is 358 g/mol. The minimum Gasteiger partial charge on any atom is -0.497 e. The number of piperazine rings is 1. The van der Waals surface area contributed by atoms with Gasteiger partial charge < -0.3 is 14.5 Å². The Morgan fingerprint density at radius 3 is 2.68 bits per heavy atom. The number of hydrogen-bond acceptors (Lipinski definition) is 6. The number of nitrogens with zero attached hydrogens (tertiary/aromatic N) is 3. The molecule has 0 unspecified atom stereocenters. The summed E-state index contributed by atoms with van der Waals surface area (Å²) >= 11 is 2.95. The van der Waals surface area contributed by atoms with Gasteiger partial charge in [-0.05, 0) is 37.4 Å². The summed E-state index contributed by atoms with van der Waals surface area (Å²) in [7, 11) is 1.60. The fourth-order valence-corrected chi connectivity index (χ4v) is 3.97. The van der Waals surface area contributed by atoms with Crippen molar-refractivity contribution in [1.29, 1.82) is 0 Å². The quantitative estimate of drug-likeness (QED) is 0.767. The van der Waals surface area contributed by atoms with Crippen molar-refractivity contribution >= 4 is 40.6 Å². The molecule has 3 rings (SSSR count). The highest BCUT2D eigenvalue weighted by Crippen LogP contribution is 2.25. The Morgan fingerprint density at radius 2 is 2.08 bits per heavy atom. The summed E-state index contributed by atoms with van der Waals surface area (Å²) in [5, 5.41) is 1.75. The van der Waals surface area contributed by atoms with Crippen molar-refractivity contribution in [3.05, 3.63) is 35.3 Å². The Morgan fingerprint density at radius 1 is 1.36 bits per heavy atom. The van der Waals surface area contributed by atoms with Crippen molar-refractivity contribution in [2.45, 2.75) is 17.3 Å². The highest BCUT2D eigenvalue weighted by Gasteiger charge is 2.34. The highest BCUT2D eigenvalue weighted by atomic mass is 32.2. The lowest BCUT2D eigenvalue weighted by Crippen LogP contribution is -2.57. The third kappa shape index (κ3) is 3.64. The van der Waals surface area contributed by atoms with Crippen molar-refractivity contribution < 1.29 is 14.3 Å². The first-order chi connectivity index (χ1) is 12.0. The summed E-state index contributed by atoms with van der Waals surface area (Å²) in [6.45, 7) is 2.46. The molecule has 8 heteroatoms. The maximum Gasteiger partial charge on any atom is 0.274 e. The Balaban J connectivity index is 1.74. The van der Waals surface area contributed by atoms with Gasteiger partial charge >= 0.3 is 0 Å². The van der Waals surface area contributed by atoms with Gasteiger partial charge in [-0.25, -0.2) is 4.98 Å². The summed E-state index contributed by atoms with van der Waals surface area (Å²) < 4.78 is 6.00. The van der Waals surface area contributed by atoms with E-state index >= 15 is 0 Å². The SMILES string of the molecule is COc1ccc(N2C[C@H](C)N(C(=O)c3csc(SC)n3)CC2=O)cc1. The molecule has 0 spiro atoms. The van der Waals surface area contributed by atoms with Crippen molar-refractivity contribution in [3.63, 3.8) is 0 Å². The van der Waals surface area contributed by atoms with Gasteiger partial charge in [0.05, 0.1) is 7.11 Å². The third-order valence-electron chi connectivity index (χ3n) is 4.11. The molecule has 0 aliphatic carbocycles. The molecule has 1 fully saturated rings. The van der Waals surface area contributed by atoms with Crippen LogP contribution in [0, 0.1) is 0 Å². The summed E-state index contributed by atoms with van der Waals surface area (Å²) in [5.41, 5.74) is 1.22. The van der Waals surface area contributed by atoms with Crippen LogP contribution in [0.1, 0.15) is 17.4 Å². The molecule has 1 aliphatic heterocycles. The van der Waals surface area contributed by atoms with Crippen LogP contribution in [0.5, 0.6) is 5.75 Å². The lowest BCUT2D eigenvalue weighted by molar-refractivity contribution is -0.121. The van der Waals surface area contributed by atoms with Crippen LogP contribution in [0.4, 0.5) is 5.69 Å². The van der Waals surface area contributed by atoms with E-state index in [1.807, 2.05) is 37.4 Å². The zero-order chi connectivity index (χ0) is 18.0. The van der Waals surface area contributed by atoms with E-state index in [1.54, 1.807) is 22.3 Å². The minimum atomic E-state index is -0.188. The van der Waals surface area contributed by atoms with Gasteiger partial charge in [-0.1, -0.05) is 11.8 Å². The van der Waals surface area contributed by atoms with E-state index < -0.39 is 0 Å². The molecule has 132 valence electrons. The standard InChI is InChI=1S/C17H19N3O3S2/c1-11-8-20(12-4-6-13(23-2)7-5-12)15(21)9-19(11)16(22)14-10-25-17(18-14)24-3/h4-7,10-11H,8-9H2,1-3H3/t11-/m0/s1. The van der Waals surface area contributed by atoms with Crippen LogP contribution in [-0.2, 0) is 4.79 Å². The number of benzene rings is 1. The van der Waals surface area contributed by atoms with E-state index in [-0.39, 0.29) is 24.4 Å². The smallest absolute Gasteiger partial charge is 0.274 e. The topological polar surface area (TPSA) is 62.7 Å². The molecule has 0 N–H and O–H groups in total. The second-order valence-corrected chi connectivity index (χ2v) is 7.60. The van der Waals surface area contributed by atoms with Crippen molar-refractivity contribution in [1.82, 2.24) is 9.88 Å². The summed E-state index contributed by atoms with van der Waals surface area (Å²) in [6.07, 6.45) is 1.92. The fraction of sp³-hybridized carbons (Fsp3) is 0.353. The van der Waals surface area contributed by atoms with Gasteiger partial charge in [-0.3, -0.25) is 9.59 Å². The Labute approximate surface area is 154 Å². The van der Waals surface area contributed by atoms with Gasteiger partial charge in [0.25, 0.3) is 5.91 Å². The predicted molar refractivity (Wildman–Crippen MR) is 99.7 cm³/mol. The van der Waals surface area contributed by atoms with E-state index in [1.165, 1.54) is 23.1 Å². The van der Waals surface area contributed by atoms with Gasteiger partial charge in [0.2, 0.25) is 5.91 Å². The lowest BCUT2D eigenvalue weighted by atomic mass is 10.1. The number of ether oxygens (including phenoxy) is 1. The van der Waals surface area contributed by atoms with E-state index in [0.29, 0.717) is 12.2 Å². The molecule has 6 nitrogen and oxygen atoms in total. The van der Waals surface area contributed by atoms with Crippen LogP contribution < -0.4 is 9.64 Å². The van der Waals surface area contributed by atoms with Gasteiger partial charge in [-0.15, -0.1) is 11.3 Å². The number of anilines is 1. The van der Waals surface area contributed by atoms with E-state index in [4.69, 9.17) is 4.74 Å². The van der Waals surface area contributed by atoms with E-state index in [9.17, 15) is 9.59 Å². The first-order valence-corrected chi connectivity index (χ1v) is 9.89. The second-order valence-electron chi connectivity index (χ2n) is 5.69. The van der Waals surface area contributed by atoms with Crippen molar-refractivity contribution in [3.8, 4) is 5.75 Å². The summed E-state index contributed by atoms with van der Waals surface area (Å²) in [6, 6.07) is 7.26. The van der Waals surface area contributed by atoms with E-state index in [0.717, 1.165) is 15.8 Å². The number of carbonyl (C=O) groups excluding carboxylic acids is 2. The van der Waals surface area contributed by atoms with Crippen LogP contribution >= 0.6 is 23.1 Å². The molecule has 2 heterocycles. The average molecular weight is 377 g/mol. The van der Waals surface area contributed by atoms with Gasteiger partial charge in [0.1, 0.15) is 22.3 Å². The Bertz CT molecular complexity index is 776. The maximum atomic E-state index is 12.7. The molecule has 25 heavy (non-hydrogen) atoms. The number of aromatic nitrogens is 1. The van der Waals surface area contributed by atoms with Gasteiger partial charge in [0, 0.05) is 23.7 Å². The molecular formula is C17H19N3O3S2. The lowest BCUT2D eigenvalue weighted by Gasteiger charge is -2.39. The molecule has 2 amide bonds. The van der Waals surface area contributed by atoms with Gasteiger partial charge in [-0.2, -0.15) is 0 Å². The van der Waals surface area contributed by atoms with Gasteiger partial charge in [0.15, 0.2) is 0 Å². The van der Waals surface area contributed by atoms with Crippen LogP contribution in [-0.4, -0.2) is 54.2 Å². The molecule has 0 bridgehead atoms. The number of carbonyl (C=O) groups is 2. The highest BCUT2D eigenvalue weighted by molar-refractivity contribution is 8.00. The molecule has 1 atom stereocenters. The molecule has 0 saturated carbocycles. The second kappa shape index (κ2) is 7.45. The minimum absolute atomic E-state index is 0.0537. The first-order valence-electron chi connectivity index (χ1n) is 7.78. The molecule has 1 aromatic heterocycles. The molecule has 1 aromatic carbocycles. The molecule has 0 radical (unpaired) electrons. The zero-order valence-electron chi connectivity index (χ0n) is 14.3. The van der Waals surface area contributed by atoms with Crippen molar-refractivity contribution in [2.75, 3.05) is 31.4 Å². The number of amides is 2. The monoisotopic (exact) mass is 377 g/mol. The number of rotatable bonds is 4. The average Bonchev–Trinajstić information content (AvgIpc) is 3.12. The van der Waals surface area contributed by atoms with Crippen LogP contribution in [0.2, 0.25) is 0 Å². The van der Waals surface area contributed by atoms with Crippen LogP contribution in [0.25, 0.3) is 0 Å². The normalized spacial score (nSPS) is 17.7. The molecule has 2 aromatic rings. The molecule has 1 saturated heterocycles. The number of thioether (sulfide) groups is 1. The largest absolute Gasteiger partial charge is 0.497 e. The first kappa shape index (κ1) is 17.8. The molecule has 1 aliphatic rings. The Kier molecular flexibility index (Phi) is 5.29. The number of thiazole rings is 1. The Hall–Kier alpha value is -2.06. The van der Waals surface area contributed by atoms with Crippen LogP contribution in [0.15, 0.2) is 34.0 Å². The van der Waals surface area contributed by atoms with E-state index in [2.05, 4.69) is 4.98 Å². The van der Waals surface area contributed by atoms with Crippen molar-refractivity contribution in [2.24, 2.45) is 0 Å². The zero-order valence-corrected chi connectivity index (χ0v) is 15.9. The maximum absolute atomic E-state index is 12.7. The van der Waals surface area contributed by atoms with Crippen LogP contribution in [0.3, 0.4) is 0 Å². The summed E-state index contributed by atoms with van der Waals surface area (Å²) in [4.78, 5) is 32.9. The summed E-state index contributed by atoms with van der Waals surface area (Å²) in [5.74, 6) is 0.454. The number of methoxy groups -OCH3 is 1. The third-order valence-corrected chi connectivity index (χ3v) is 5.97.